The molecule has 0 spiro atoms. The summed E-state index contributed by atoms with van der Waals surface area (Å²) in [7, 11) is 0. The van der Waals surface area contributed by atoms with Crippen molar-refractivity contribution in [2.75, 3.05) is 11.9 Å². The normalized spacial score (nSPS) is 10.5. The zero-order valence-electron chi connectivity index (χ0n) is 9.48. The third-order valence-corrected chi connectivity index (χ3v) is 2.18. The molecule has 0 atom stereocenters. The van der Waals surface area contributed by atoms with Crippen molar-refractivity contribution in [3.05, 3.63) is 28.8 Å². The van der Waals surface area contributed by atoms with Crippen molar-refractivity contribution in [2.45, 2.75) is 19.9 Å². The van der Waals surface area contributed by atoms with Gasteiger partial charge < -0.3 is 10.6 Å². The highest BCUT2D eigenvalue weighted by atomic mass is 35.5. The van der Waals surface area contributed by atoms with Crippen molar-refractivity contribution >= 4 is 23.2 Å². The predicted molar refractivity (Wildman–Crippen MR) is 63.1 cm³/mol. The molecule has 1 aromatic rings. The molecule has 3 nitrogen and oxygen atoms in total. The third kappa shape index (κ3) is 4.19. The van der Waals surface area contributed by atoms with E-state index in [2.05, 4.69) is 10.6 Å². The van der Waals surface area contributed by atoms with Gasteiger partial charge in [-0.1, -0.05) is 11.6 Å². The molecule has 0 fully saturated rings. The second-order valence-corrected chi connectivity index (χ2v) is 4.23. The lowest BCUT2D eigenvalue weighted by molar-refractivity contribution is -0.119. The molecule has 0 unspecified atom stereocenters. The van der Waals surface area contributed by atoms with Crippen molar-refractivity contribution < 1.29 is 13.6 Å². The molecular formula is C11H13ClF2N2O. The molecule has 0 aliphatic heterocycles. The van der Waals surface area contributed by atoms with E-state index in [9.17, 15) is 13.6 Å². The Kier molecular flexibility index (Phi) is 4.69. The molecule has 0 saturated carbocycles. The van der Waals surface area contributed by atoms with Crippen molar-refractivity contribution in [2.24, 2.45) is 0 Å². The number of benzene rings is 1. The lowest BCUT2D eigenvalue weighted by Crippen LogP contribution is -2.35. The topological polar surface area (TPSA) is 41.1 Å². The standard InChI is InChI=1S/C11H13ClF2N2O/c1-6(2)16-10(17)5-15-11-8(12)3-7(13)4-9(11)14/h3-4,6,15H,5H2,1-2H3,(H,16,17). The largest absolute Gasteiger partial charge is 0.373 e. The van der Waals surface area contributed by atoms with Gasteiger partial charge in [0, 0.05) is 12.1 Å². The van der Waals surface area contributed by atoms with Crippen LogP contribution in [0, 0.1) is 11.6 Å². The maximum atomic E-state index is 13.3. The maximum Gasteiger partial charge on any atom is 0.239 e. The summed E-state index contributed by atoms with van der Waals surface area (Å²) in [5.41, 5.74) is -0.0769. The number of rotatable bonds is 4. The van der Waals surface area contributed by atoms with E-state index in [-0.39, 0.29) is 29.2 Å². The van der Waals surface area contributed by atoms with Crippen molar-refractivity contribution in [3.63, 3.8) is 0 Å². The average Bonchev–Trinajstić information content (AvgIpc) is 2.14. The first-order chi connectivity index (χ1) is 7.90. The van der Waals surface area contributed by atoms with Crippen molar-refractivity contribution in [1.82, 2.24) is 5.32 Å². The van der Waals surface area contributed by atoms with Crippen LogP contribution in [0.1, 0.15) is 13.8 Å². The van der Waals surface area contributed by atoms with Crippen LogP contribution in [0.4, 0.5) is 14.5 Å². The highest BCUT2D eigenvalue weighted by Gasteiger charge is 2.11. The molecule has 0 bridgehead atoms. The maximum absolute atomic E-state index is 13.3. The summed E-state index contributed by atoms with van der Waals surface area (Å²) in [6.07, 6.45) is 0. The Morgan fingerprint density at radius 1 is 1.41 bits per heavy atom. The molecule has 1 rings (SSSR count). The van der Waals surface area contributed by atoms with Gasteiger partial charge in [0.05, 0.1) is 17.3 Å². The van der Waals surface area contributed by atoms with Crippen molar-refractivity contribution in [3.8, 4) is 0 Å². The first-order valence-corrected chi connectivity index (χ1v) is 5.45. The number of carbonyl (C=O) groups excluding carboxylic acids is 1. The average molecular weight is 263 g/mol. The monoisotopic (exact) mass is 262 g/mol. The van der Waals surface area contributed by atoms with Crippen LogP contribution in [0.15, 0.2) is 12.1 Å². The van der Waals surface area contributed by atoms with E-state index in [1.807, 2.05) is 13.8 Å². The number of amides is 1. The molecule has 1 amide bonds. The molecule has 0 aliphatic carbocycles. The van der Waals surface area contributed by atoms with Gasteiger partial charge in [0.1, 0.15) is 5.82 Å². The zero-order valence-corrected chi connectivity index (χ0v) is 10.2. The quantitative estimate of drug-likeness (QED) is 0.876. The first kappa shape index (κ1) is 13.7. The van der Waals surface area contributed by atoms with Crippen LogP contribution in [0.2, 0.25) is 5.02 Å². The highest BCUT2D eigenvalue weighted by molar-refractivity contribution is 6.33. The minimum atomic E-state index is -0.827. The highest BCUT2D eigenvalue weighted by Crippen LogP contribution is 2.25. The smallest absolute Gasteiger partial charge is 0.239 e. The van der Waals surface area contributed by atoms with E-state index in [4.69, 9.17) is 11.6 Å². The molecule has 17 heavy (non-hydrogen) atoms. The Hall–Kier alpha value is -1.36. The van der Waals surface area contributed by atoms with E-state index in [1.54, 1.807) is 0 Å². The number of halogens is 3. The first-order valence-electron chi connectivity index (χ1n) is 5.08. The van der Waals surface area contributed by atoms with E-state index < -0.39 is 11.6 Å². The number of anilines is 1. The predicted octanol–water partition coefficient (Wildman–Crippen LogP) is 2.55. The number of hydrogen-bond acceptors (Lipinski definition) is 2. The molecule has 0 saturated heterocycles. The van der Waals surface area contributed by atoms with E-state index in [1.165, 1.54) is 0 Å². The molecule has 0 aliphatic rings. The second-order valence-electron chi connectivity index (χ2n) is 3.82. The Labute approximate surface area is 103 Å². The molecule has 6 heteroatoms. The van der Waals surface area contributed by atoms with E-state index >= 15 is 0 Å². The Bertz CT molecular complexity index is 401. The number of carbonyl (C=O) groups is 1. The summed E-state index contributed by atoms with van der Waals surface area (Å²) >= 11 is 5.65. The van der Waals surface area contributed by atoms with Gasteiger partial charge in [0.15, 0.2) is 5.82 Å². The second kappa shape index (κ2) is 5.82. The Morgan fingerprint density at radius 3 is 2.59 bits per heavy atom. The fraction of sp³-hybridized carbons (Fsp3) is 0.364. The van der Waals surface area contributed by atoms with Gasteiger partial charge in [-0.3, -0.25) is 4.79 Å². The minimum absolute atomic E-state index is 0.00200. The SMILES string of the molecule is CC(C)NC(=O)CNc1c(F)cc(F)cc1Cl. The van der Waals surface area contributed by atoms with Gasteiger partial charge in [-0.2, -0.15) is 0 Å². The van der Waals surface area contributed by atoms with Crippen LogP contribution in [0.3, 0.4) is 0 Å². The Balaban J connectivity index is 2.67. The fourth-order valence-electron chi connectivity index (χ4n) is 1.25. The van der Waals surface area contributed by atoms with Crippen LogP contribution in [-0.2, 0) is 4.79 Å². The molecule has 0 heterocycles. The minimum Gasteiger partial charge on any atom is -0.373 e. The van der Waals surface area contributed by atoms with Crippen LogP contribution in [0.25, 0.3) is 0 Å². The van der Waals surface area contributed by atoms with Gasteiger partial charge >= 0.3 is 0 Å². The molecule has 94 valence electrons. The van der Waals surface area contributed by atoms with Crippen LogP contribution in [-0.4, -0.2) is 18.5 Å². The van der Waals surface area contributed by atoms with E-state index in [0.29, 0.717) is 6.07 Å². The summed E-state index contributed by atoms with van der Waals surface area (Å²) in [5, 5.41) is 5.05. The van der Waals surface area contributed by atoms with Gasteiger partial charge in [-0.15, -0.1) is 0 Å². The Morgan fingerprint density at radius 2 is 2.06 bits per heavy atom. The van der Waals surface area contributed by atoms with Crippen LogP contribution >= 0.6 is 11.6 Å². The number of hydrogen-bond donors (Lipinski definition) is 2. The molecule has 1 aromatic carbocycles. The van der Waals surface area contributed by atoms with Crippen LogP contribution < -0.4 is 10.6 Å². The van der Waals surface area contributed by atoms with Gasteiger partial charge in [-0.25, -0.2) is 8.78 Å². The summed E-state index contributed by atoms with van der Waals surface area (Å²) < 4.78 is 26.1. The summed E-state index contributed by atoms with van der Waals surface area (Å²) in [4.78, 5) is 11.3. The lowest BCUT2D eigenvalue weighted by Gasteiger charge is -2.11. The van der Waals surface area contributed by atoms with Crippen LogP contribution in [0.5, 0.6) is 0 Å². The zero-order chi connectivity index (χ0) is 13.0. The van der Waals surface area contributed by atoms with E-state index in [0.717, 1.165) is 6.07 Å². The summed E-state index contributed by atoms with van der Waals surface area (Å²) in [6, 6.07) is 1.68. The molecule has 0 radical (unpaired) electrons. The van der Waals surface area contributed by atoms with Gasteiger partial charge in [0.25, 0.3) is 0 Å². The summed E-state index contributed by atoms with van der Waals surface area (Å²) in [6.45, 7) is 3.49. The lowest BCUT2D eigenvalue weighted by atomic mass is 10.3. The molecule has 2 N–H and O–H groups in total. The third-order valence-electron chi connectivity index (χ3n) is 1.88. The van der Waals surface area contributed by atoms with Gasteiger partial charge in [-0.05, 0) is 19.9 Å². The fourth-order valence-corrected chi connectivity index (χ4v) is 1.51. The van der Waals surface area contributed by atoms with Crippen molar-refractivity contribution in [1.29, 1.82) is 0 Å². The summed E-state index contributed by atoms with van der Waals surface area (Å²) in [5.74, 6) is -1.88. The number of nitrogens with one attached hydrogen (secondary N) is 2. The molecular weight excluding hydrogens is 250 g/mol. The van der Waals surface area contributed by atoms with Gasteiger partial charge in [0.2, 0.25) is 5.91 Å². The molecule has 0 aromatic heterocycles.